The number of hydrazone groups is 1. The third-order valence-corrected chi connectivity index (χ3v) is 2.76. The second kappa shape index (κ2) is 6.63. The molecule has 2 aromatic rings. The number of amides is 1. The van der Waals surface area contributed by atoms with Gasteiger partial charge in [0.2, 0.25) is 5.78 Å². The van der Waals surface area contributed by atoms with Crippen molar-refractivity contribution < 1.29 is 9.59 Å². The van der Waals surface area contributed by atoms with Crippen molar-refractivity contribution >= 4 is 29.5 Å². The lowest BCUT2D eigenvalue weighted by Gasteiger charge is -1.99. The number of benzene rings is 2. The molecule has 0 radical (unpaired) electrons. The molecule has 0 bridgehead atoms. The van der Waals surface area contributed by atoms with Crippen LogP contribution in [-0.2, 0) is 0 Å². The van der Waals surface area contributed by atoms with Crippen LogP contribution in [0.25, 0.3) is 0 Å². The number of halogens is 1. The van der Waals surface area contributed by atoms with E-state index >= 15 is 0 Å². The lowest BCUT2D eigenvalue weighted by atomic mass is 10.1. The Kier molecular flexibility index (Phi) is 4.63. The predicted octanol–water partition coefficient (Wildman–Crippen LogP) is 2.94. The first-order valence-electron chi connectivity index (χ1n) is 5.85. The molecular formula is C15H11ClN2O2. The van der Waals surface area contributed by atoms with E-state index in [1.54, 1.807) is 48.5 Å². The number of carbonyl (C=O) groups excluding carboxylic acids is 2. The summed E-state index contributed by atoms with van der Waals surface area (Å²) in [5.74, 6) is -0.680. The van der Waals surface area contributed by atoms with Gasteiger partial charge in [-0.25, -0.2) is 5.43 Å². The Morgan fingerprint density at radius 3 is 2.25 bits per heavy atom. The number of hydrogen-bond donors (Lipinski definition) is 1. The molecule has 0 spiro atoms. The monoisotopic (exact) mass is 286 g/mol. The molecule has 2 aromatic carbocycles. The average Bonchev–Trinajstić information content (AvgIpc) is 2.48. The van der Waals surface area contributed by atoms with Crippen molar-refractivity contribution in [3.63, 3.8) is 0 Å². The van der Waals surface area contributed by atoms with Gasteiger partial charge in [-0.3, -0.25) is 9.59 Å². The lowest BCUT2D eigenvalue weighted by Crippen LogP contribution is -2.18. The molecule has 0 aliphatic carbocycles. The number of hydrogen-bond acceptors (Lipinski definition) is 3. The minimum Gasteiger partial charge on any atom is -0.287 e. The second-order valence-electron chi connectivity index (χ2n) is 3.94. The first-order valence-corrected chi connectivity index (χ1v) is 6.23. The topological polar surface area (TPSA) is 58.5 Å². The van der Waals surface area contributed by atoms with Crippen molar-refractivity contribution in [3.05, 3.63) is 70.7 Å². The first kappa shape index (κ1) is 14.0. The van der Waals surface area contributed by atoms with Gasteiger partial charge in [0.1, 0.15) is 0 Å². The molecule has 0 atom stereocenters. The zero-order valence-corrected chi connectivity index (χ0v) is 11.2. The molecule has 0 saturated heterocycles. The van der Waals surface area contributed by atoms with Gasteiger partial charge in [0.05, 0.1) is 6.21 Å². The third-order valence-electron chi connectivity index (χ3n) is 2.51. The Morgan fingerprint density at radius 1 is 0.950 bits per heavy atom. The summed E-state index contributed by atoms with van der Waals surface area (Å²) in [5, 5.41) is 4.18. The van der Waals surface area contributed by atoms with Crippen LogP contribution >= 0.6 is 11.6 Å². The van der Waals surface area contributed by atoms with E-state index in [0.717, 1.165) is 6.21 Å². The van der Waals surface area contributed by atoms with E-state index in [9.17, 15) is 9.59 Å². The number of nitrogens with one attached hydrogen (secondary N) is 1. The van der Waals surface area contributed by atoms with E-state index in [4.69, 9.17) is 11.6 Å². The van der Waals surface area contributed by atoms with Crippen LogP contribution in [-0.4, -0.2) is 17.9 Å². The SMILES string of the molecule is O=C(/C=N\NC(=O)c1ccc(Cl)cc1)c1ccccc1. The van der Waals surface area contributed by atoms with E-state index in [-0.39, 0.29) is 5.78 Å². The highest BCUT2D eigenvalue weighted by Gasteiger charge is 2.04. The number of Topliss-reactive ketones (excluding diaryl/α,β-unsaturated/α-hetero) is 1. The van der Waals surface area contributed by atoms with Gasteiger partial charge < -0.3 is 0 Å². The fraction of sp³-hybridized carbons (Fsp3) is 0. The number of rotatable bonds is 4. The van der Waals surface area contributed by atoms with Crippen molar-refractivity contribution in [2.45, 2.75) is 0 Å². The third kappa shape index (κ3) is 3.76. The van der Waals surface area contributed by atoms with Gasteiger partial charge in [-0.15, -0.1) is 0 Å². The maximum absolute atomic E-state index is 11.7. The van der Waals surface area contributed by atoms with Crippen molar-refractivity contribution in [3.8, 4) is 0 Å². The molecule has 0 unspecified atom stereocenters. The maximum Gasteiger partial charge on any atom is 0.271 e. The average molecular weight is 287 g/mol. The normalized spacial score (nSPS) is 10.4. The van der Waals surface area contributed by atoms with Gasteiger partial charge in [-0.2, -0.15) is 5.10 Å². The minimum absolute atomic E-state index is 0.276. The van der Waals surface area contributed by atoms with Crippen molar-refractivity contribution in [1.82, 2.24) is 5.43 Å². The van der Waals surface area contributed by atoms with Gasteiger partial charge >= 0.3 is 0 Å². The molecule has 0 fully saturated rings. The van der Waals surface area contributed by atoms with Crippen LogP contribution in [0, 0.1) is 0 Å². The zero-order chi connectivity index (χ0) is 14.4. The summed E-state index contributed by atoms with van der Waals surface area (Å²) in [7, 11) is 0. The molecular weight excluding hydrogens is 276 g/mol. The van der Waals surface area contributed by atoms with Gasteiger partial charge in [0.15, 0.2) is 0 Å². The molecule has 100 valence electrons. The number of carbonyl (C=O) groups is 2. The van der Waals surface area contributed by atoms with Gasteiger partial charge in [0.25, 0.3) is 5.91 Å². The largest absolute Gasteiger partial charge is 0.287 e. The smallest absolute Gasteiger partial charge is 0.271 e. The van der Waals surface area contributed by atoms with E-state index in [1.165, 1.54) is 0 Å². The van der Waals surface area contributed by atoms with E-state index in [1.807, 2.05) is 6.07 Å². The summed E-state index contributed by atoms with van der Waals surface area (Å²) < 4.78 is 0. The first-order chi connectivity index (χ1) is 9.66. The van der Waals surface area contributed by atoms with E-state index < -0.39 is 5.91 Å². The summed E-state index contributed by atoms with van der Waals surface area (Å²) in [5.41, 5.74) is 3.21. The maximum atomic E-state index is 11.7. The summed E-state index contributed by atoms with van der Waals surface area (Å²) in [6, 6.07) is 15.0. The summed E-state index contributed by atoms with van der Waals surface area (Å²) in [6.07, 6.45) is 1.07. The van der Waals surface area contributed by atoms with Crippen LogP contribution in [0.1, 0.15) is 20.7 Å². The van der Waals surface area contributed by atoms with E-state index in [2.05, 4.69) is 10.5 Å². The van der Waals surface area contributed by atoms with E-state index in [0.29, 0.717) is 16.1 Å². The van der Waals surface area contributed by atoms with Gasteiger partial charge in [0, 0.05) is 16.1 Å². The number of nitrogens with zero attached hydrogens (tertiary/aromatic N) is 1. The Hall–Kier alpha value is -2.46. The molecule has 0 heterocycles. The summed E-state index contributed by atoms with van der Waals surface area (Å²) >= 11 is 5.72. The molecule has 0 aliphatic heterocycles. The number of ketones is 1. The lowest BCUT2D eigenvalue weighted by molar-refractivity contribution is 0.0955. The highest BCUT2D eigenvalue weighted by molar-refractivity contribution is 6.35. The van der Waals surface area contributed by atoms with Crippen molar-refractivity contribution in [2.75, 3.05) is 0 Å². The highest BCUT2D eigenvalue weighted by atomic mass is 35.5. The van der Waals surface area contributed by atoms with Crippen LogP contribution in [0.3, 0.4) is 0 Å². The Morgan fingerprint density at radius 2 is 1.60 bits per heavy atom. The predicted molar refractivity (Wildman–Crippen MR) is 78.2 cm³/mol. The summed E-state index contributed by atoms with van der Waals surface area (Å²) in [4.78, 5) is 23.4. The molecule has 5 heteroatoms. The Balaban J connectivity index is 1.95. The van der Waals surface area contributed by atoms with Crippen LogP contribution in [0.5, 0.6) is 0 Å². The summed E-state index contributed by atoms with van der Waals surface area (Å²) in [6.45, 7) is 0. The Bertz CT molecular complexity index is 637. The van der Waals surface area contributed by atoms with Crippen molar-refractivity contribution in [1.29, 1.82) is 0 Å². The molecule has 0 saturated carbocycles. The van der Waals surface area contributed by atoms with Gasteiger partial charge in [-0.1, -0.05) is 41.9 Å². The van der Waals surface area contributed by atoms with Gasteiger partial charge in [-0.05, 0) is 24.3 Å². The molecule has 0 aliphatic rings. The fourth-order valence-electron chi connectivity index (χ4n) is 1.49. The molecule has 0 aromatic heterocycles. The highest BCUT2D eigenvalue weighted by Crippen LogP contribution is 2.09. The van der Waals surface area contributed by atoms with Crippen LogP contribution < -0.4 is 5.43 Å². The standard InChI is InChI=1S/C15H11ClN2O2/c16-13-8-6-12(7-9-13)15(20)18-17-10-14(19)11-4-2-1-3-5-11/h1-10H,(H,18,20)/b17-10-. The molecule has 2 rings (SSSR count). The van der Waals surface area contributed by atoms with Crippen LogP contribution in [0.15, 0.2) is 59.7 Å². The fourth-order valence-corrected chi connectivity index (χ4v) is 1.62. The Labute approximate surface area is 121 Å². The zero-order valence-electron chi connectivity index (χ0n) is 10.4. The molecule has 1 amide bonds. The van der Waals surface area contributed by atoms with Crippen LogP contribution in [0.2, 0.25) is 5.02 Å². The minimum atomic E-state index is -0.404. The quantitative estimate of drug-likeness (QED) is 0.534. The molecule has 1 N–H and O–H groups in total. The molecule has 20 heavy (non-hydrogen) atoms. The van der Waals surface area contributed by atoms with Crippen molar-refractivity contribution in [2.24, 2.45) is 5.10 Å². The second-order valence-corrected chi connectivity index (χ2v) is 4.37. The molecule has 4 nitrogen and oxygen atoms in total. The van der Waals surface area contributed by atoms with Crippen LogP contribution in [0.4, 0.5) is 0 Å².